The lowest BCUT2D eigenvalue weighted by atomic mass is 10.1. The number of benzene rings is 1. The number of rotatable bonds is 7. The van der Waals surface area contributed by atoms with Crippen LogP contribution in [-0.4, -0.2) is 45.5 Å². The van der Waals surface area contributed by atoms with Crippen molar-refractivity contribution in [2.45, 2.75) is 24.9 Å². The van der Waals surface area contributed by atoms with Crippen LogP contribution < -0.4 is 9.47 Å². The van der Waals surface area contributed by atoms with Crippen molar-refractivity contribution in [1.29, 1.82) is 0 Å². The molecule has 4 heteroatoms. The first-order valence-electron chi connectivity index (χ1n) is 6.81. The molecule has 2 nitrogen and oxygen atoms in total. The molecule has 0 radical (unpaired) electrons. The summed E-state index contributed by atoms with van der Waals surface area (Å²) < 4.78 is 10.6. The lowest BCUT2D eigenvalue weighted by Gasteiger charge is -2.36. The van der Waals surface area contributed by atoms with E-state index in [9.17, 15) is 0 Å². The largest absolute Gasteiger partial charge is 0.493 e. The zero-order chi connectivity index (χ0) is 14.5. The van der Waals surface area contributed by atoms with Gasteiger partial charge in [0.05, 0.1) is 14.2 Å². The van der Waals surface area contributed by atoms with Gasteiger partial charge in [-0.2, -0.15) is 0 Å². The highest BCUT2D eigenvalue weighted by Gasteiger charge is 2.15. The van der Waals surface area contributed by atoms with Crippen LogP contribution in [-0.2, 0) is 6.42 Å². The second-order valence-electron chi connectivity index (χ2n) is 5.67. The summed E-state index contributed by atoms with van der Waals surface area (Å²) in [4.78, 5) is 0. The Morgan fingerprint density at radius 1 is 1.16 bits per heavy atom. The third kappa shape index (κ3) is 4.68. The van der Waals surface area contributed by atoms with E-state index in [2.05, 4.69) is 39.4 Å². The topological polar surface area (TPSA) is 18.5 Å². The van der Waals surface area contributed by atoms with Gasteiger partial charge in [-0.15, -0.1) is 0 Å². The summed E-state index contributed by atoms with van der Waals surface area (Å²) in [5.41, 5.74) is 1.33. The fourth-order valence-electron chi connectivity index (χ4n) is 1.92. The molecule has 0 heterocycles. The molecule has 1 rings (SSSR count). The van der Waals surface area contributed by atoms with Crippen LogP contribution in [0.25, 0.3) is 0 Å². The first-order chi connectivity index (χ1) is 8.90. The molecule has 1 aromatic rings. The minimum Gasteiger partial charge on any atom is -0.493 e. The Labute approximate surface area is 120 Å². The van der Waals surface area contributed by atoms with Crippen LogP contribution in [0.2, 0.25) is 0 Å². The van der Waals surface area contributed by atoms with Crippen molar-refractivity contribution < 1.29 is 9.47 Å². The highest BCUT2D eigenvalue weighted by Crippen LogP contribution is 2.44. The van der Waals surface area contributed by atoms with E-state index in [1.54, 1.807) is 14.2 Å². The molecule has 0 aliphatic heterocycles. The van der Waals surface area contributed by atoms with E-state index in [0.29, 0.717) is 0 Å². The average Bonchev–Trinajstić information content (AvgIpc) is 2.38. The summed E-state index contributed by atoms with van der Waals surface area (Å²) in [6.45, 7) is 2.34. The molecule has 1 atom stereocenters. The van der Waals surface area contributed by atoms with E-state index < -0.39 is 10.0 Å². The predicted octanol–water partition coefficient (Wildman–Crippen LogP) is 2.68. The van der Waals surface area contributed by atoms with Crippen molar-refractivity contribution in [2.24, 2.45) is 0 Å². The van der Waals surface area contributed by atoms with Crippen LogP contribution in [0.3, 0.4) is 0 Å². The standard InChI is InChI=1S/C15H27BO2S/c1-12(16)19(4,5)10-6-7-13-8-9-14(17-2)15(11-13)18-3/h8-9,11-12H,6-7,10,16H2,1-5H3. The summed E-state index contributed by atoms with van der Waals surface area (Å²) >= 11 is 0. The molecular formula is C15H27BO2S. The van der Waals surface area contributed by atoms with Crippen molar-refractivity contribution in [3.05, 3.63) is 23.8 Å². The van der Waals surface area contributed by atoms with Gasteiger partial charge in [-0.05, 0) is 54.0 Å². The monoisotopic (exact) mass is 282 g/mol. The van der Waals surface area contributed by atoms with Gasteiger partial charge in [0.15, 0.2) is 11.5 Å². The highest BCUT2D eigenvalue weighted by atomic mass is 32.3. The summed E-state index contributed by atoms with van der Waals surface area (Å²) in [7, 11) is 5.25. The van der Waals surface area contributed by atoms with E-state index in [4.69, 9.17) is 9.47 Å². The van der Waals surface area contributed by atoms with Crippen molar-refractivity contribution in [3.8, 4) is 11.5 Å². The van der Waals surface area contributed by atoms with Gasteiger partial charge < -0.3 is 9.47 Å². The lowest BCUT2D eigenvalue weighted by Crippen LogP contribution is -2.16. The summed E-state index contributed by atoms with van der Waals surface area (Å²) in [6, 6.07) is 6.23. The molecule has 0 saturated carbocycles. The van der Waals surface area contributed by atoms with Gasteiger partial charge in [0.1, 0.15) is 7.85 Å². The third-order valence-corrected chi connectivity index (χ3v) is 7.75. The lowest BCUT2D eigenvalue weighted by molar-refractivity contribution is 0.354. The summed E-state index contributed by atoms with van der Waals surface area (Å²) in [5.74, 6) is 2.97. The normalized spacial score (nSPS) is 13.9. The van der Waals surface area contributed by atoms with Gasteiger partial charge in [-0.25, -0.2) is 0 Å². The molecule has 0 spiro atoms. The average molecular weight is 282 g/mol. The Kier molecular flexibility index (Phi) is 6.12. The fourth-order valence-corrected chi connectivity index (χ4v) is 3.28. The number of hydrogen-bond donors (Lipinski definition) is 0. The van der Waals surface area contributed by atoms with E-state index in [1.807, 2.05) is 6.07 Å². The molecule has 0 bridgehead atoms. The third-order valence-electron chi connectivity index (χ3n) is 3.86. The molecule has 1 unspecified atom stereocenters. The number of hydrogen-bond acceptors (Lipinski definition) is 2. The van der Waals surface area contributed by atoms with Gasteiger partial charge >= 0.3 is 0 Å². The number of methoxy groups -OCH3 is 2. The zero-order valence-corrected chi connectivity index (χ0v) is 14.0. The maximum Gasteiger partial charge on any atom is 0.160 e. The van der Waals surface area contributed by atoms with Crippen LogP contribution in [0.1, 0.15) is 18.9 Å². The summed E-state index contributed by atoms with van der Waals surface area (Å²) in [5, 5.41) is 0.804. The Bertz CT molecular complexity index is 405. The SMILES string of the molecule is BC(C)S(C)(C)CCCc1ccc(OC)c(OC)c1. The molecule has 108 valence electrons. The number of ether oxygens (including phenoxy) is 2. The van der Waals surface area contributed by atoms with Crippen LogP contribution in [0.15, 0.2) is 18.2 Å². The minimum atomic E-state index is -0.453. The Morgan fingerprint density at radius 3 is 2.32 bits per heavy atom. The van der Waals surface area contributed by atoms with Gasteiger partial charge in [0.2, 0.25) is 0 Å². The maximum absolute atomic E-state index is 5.34. The van der Waals surface area contributed by atoms with E-state index in [1.165, 1.54) is 17.7 Å². The van der Waals surface area contributed by atoms with Gasteiger partial charge in [0, 0.05) is 0 Å². The van der Waals surface area contributed by atoms with Crippen LogP contribution in [0, 0.1) is 0 Å². The number of aryl methyl sites for hydroxylation is 1. The van der Waals surface area contributed by atoms with Crippen molar-refractivity contribution in [3.63, 3.8) is 0 Å². The Balaban J connectivity index is 2.59. The second-order valence-corrected chi connectivity index (χ2v) is 10.3. The van der Waals surface area contributed by atoms with Gasteiger partial charge in [-0.1, -0.05) is 13.0 Å². The summed E-state index contributed by atoms with van der Waals surface area (Å²) in [6.07, 6.45) is 7.23. The molecule has 0 amide bonds. The van der Waals surface area contributed by atoms with Gasteiger partial charge in [0.25, 0.3) is 0 Å². The van der Waals surface area contributed by atoms with Crippen molar-refractivity contribution in [1.82, 2.24) is 0 Å². The molecule has 0 saturated heterocycles. The van der Waals surface area contributed by atoms with Gasteiger partial charge in [-0.3, -0.25) is 10.0 Å². The molecule has 0 aromatic heterocycles. The minimum absolute atomic E-state index is 0.453. The van der Waals surface area contributed by atoms with Crippen molar-refractivity contribution in [2.75, 3.05) is 32.5 Å². The zero-order valence-electron chi connectivity index (χ0n) is 13.2. The molecule has 0 fully saturated rings. The molecule has 1 aromatic carbocycles. The maximum atomic E-state index is 5.34. The van der Waals surface area contributed by atoms with E-state index >= 15 is 0 Å². The van der Waals surface area contributed by atoms with E-state index in [0.717, 1.165) is 23.1 Å². The predicted molar refractivity (Wildman–Crippen MR) is 90.2 cm³/mol. The molecule has 0 aliphatic rings. The first kappa shape index (κ1) is 16.3. The fraction of sp³-hybridized carbons (Fsp3) is 0.600. The Morgan fingerprint density at radius 2 is 1.79 bits per heavy atom. The van der Waals surface area contributed by atoms with Crippen LogP contribution in [0.5, 0.6) is 11.5 Å². The smallest absolute Gasteiger partial charge is 0.160 e. The van der Waals surface area contributed by atoms with Crippen LogP contribution >= 0.6 is 10.0 Å². The van der Waals surface area contributed by atoms with Crippen LogP contribution in [0.4, 0.5) is 0 Å². The Hall–Kier alpha value is -0.765. The van der Waals surface area contributed by atoms with E-state index in [-0.39, 0.29) is 0 Å². The molecule has 0 N–H and O–H groups in total. The quantitative estimate of drug-likeness (QED) is 0.716. The first-order valence-corrected chi connectivity index (χ1v) is 9.49. The second kappa shape index (κ2) is 7.13. The molecule has 19 heavy (non-hydrogen) atoms. The molecular weight excluding hydrogens is 255 g/mol. The highest BCUT2D eigenvalue weighted by molar-refractivity contribution is 8.33. The molecule has 0 aliphatic carbocycles. The van der Waals surface area contributed by atoms with Crippen molar-refractivity contribution >= 4 is 17.9 Å².